The Labute approximate surface area is 89.0 Å². The minimum Gasteiger partial charge on any atom is -0.345 e. The van der Waals surface area contributed by atoms with Crippen molar-refractivity contribution in [3.05, 3.63) is 41.2 Å². The molecule has 0 aliphatic rings. The summed E-state index contributed by atoms with van der Waals surface area (Å²) < 4.78 is 13.6. The smallest absolute Gasteiger partial charge is 0.256 e. The molecule has 1 amide bonds. The lowest BCUT2D eigenvalue weighted by Gasteiger charge is -2.13. The van der Waals surface area contributed by atoms with E-state index < -0.39 is 5.82 Å². The monoisotopic (exact) mass is 207 g/mol. The van der Waals surface area contributed by atoms with E-state index in [0.717, 1.165) is 0 Å². The fraction of sp³-hybridized carbons (Fsp3) is 0.250. The Hall–Kier alpha value is -1.64. The second-order valence-corrected chi connectivity index (χ2v) is 3.60. The van der Waals surface area contributed by atoms with Gasteiger partial charge in [0.05, 0.1) is 5.56 Å². The van der Waals surface area contributed by atoms with Crippen LogP contribution in [0.1, 0.15) is 21.5 Å². The molecule has 0 fully saturated rings. The van der Waals surface area contributed by atoms with Gasteiger partial charge in [-0.15, -0.1) is 0 Å². The zero-order chi connectivity index (χ0) is 11.6. The summed E-state index contributed by atoms with van der Waals surface area (Å²) in [5.41, 5.74) is 1.44. The highest BCUT2D eigenvalue weighted by Crippen LogP contribution is 2.18. The van der Waals surface area contributed by atoms with Crippen LogP contribution in [0, 0.1) is 12.7 Å². The number of amides is 1. The second-order valence-electron chi connectivity index (χ2n) is 3.60. The molecule has 3 heteroatoms. The van der Waals surface area contributed by atoms with Gasteiger partial charge in [-0.1, -0.05) is 18.7 Å². The molecule has 0 saturated heterocycles. The molecule has 0 aliphatic carbocycles. The predicted octanol–water partition coefficient (Wildman–Crippen LogP) is 2.48. The van der Waals surface area contributed by atoms with Crippen LogP contribution >= 0.6 is 0 Å². The molecule has 15 heavy (non-hydrogen) atoms. The highest BCUT2D eigenvalue weighted by Gasteiger charge is 2.16. The van der Waals surface area contributed by atoms with E-state index in [1.807, 2.05) is 0 Å². The summed E-state index contributed by atoms with van der Waals surface area (Å²) >= 11 is 0. The van der Waals surface area contributed by atoms with Crippen LogP contribution < -0.4 is 0 Å². The number of rotatable bonds is 2. The summed E-state index contributed by atoms with van der Waals surface area (Å²) in [6.45, 7) is 5.28. The van der Waals surface area contributed by atoms with E-state index in [0.29, 0.717) is 11.1 Å². The van der Waals surface area contributed by atoms with Crippen molar-refractivity contribution in [3.63, 3.8) is 0 Å². The Morgan fingerprint density at radius 1 is 1.47 bits per heavy atom. The van der Waals surface area contributed by atoms with Gasteiger partial charge in [0, 0.05) is 14.1 Å². The molecule has 1 rings (SSSR count). The van der Waals surface area contributed by atoms with E-state index in [2.05, 4.69) is 6.58 Å². The van der Waals surface area contributed by atoms with Gasteiger partial charge in [-0.25, -0.2) is 4.39 Å². The minimum atomic E-state index is -0.497. The third-order valence-corrected chi connectivity index (χ3v) is 2.17. The first kappa shape index (κ1) is 11.4. The number of carbonyl (C=O) groups is 1. The third kappa shape index (κ3) is 2.24. The first-order valence-corrected chi connectivity index (χ1v) is 4.61. The summed E-state index contributed by atoms with van der Waals surface area (Å²) in [7, 11) is 3.20. The molecule has 0 radical (unpaired) electrons. The van der Waals surface area contributed by atoms with Gasteiger partial charge in [0.15, 0.2) is 0 Å². The first-order valence-electron chi connectivity index (χ1n) is 4.61. The number of halogens is 1. The molecular weight excluding hydrogens is 193 g/mol. The van der Waals surface area contributed by atoms with Crippen LogP contribution in [0.15, 0.2) is 18.7 Å². The maximum Gasteiger partial charge on any atom is 0.256 e. The molecule has 0 bridgehead atoms. The summed E-state index contributed by atoms with van der Waals surface area (Å²) in [6.07, 6.45) is 1.56. The quantitative estimate of drug-likeness (QED) is 0.729. The summed E-state index contributed by atoms with van der Waals surface area (Å²) in [5, 5.41) is 0. The van der Waals surface area contributed by atoms with Gasteiger partial charge >= 0.3 is 0 Å². The lowest BCUT2D eigenvalue weighted by molar-refractivity contribution is 0.0822. The number of hydrogen-bond acceptors (Lipinski definition) is 1. The fourth-order valence-corrected chi connectivity index (χ4v) is 1.38. The standard InChI is InChI=1S/C12H14FNO/c1-5-9-6-8(2)11(10(13)7-9)12(15)14(3)4/h5-7H,1H2,2-4H3. The Morgan fingerprint density at radius 2 is 2.07 bits per heavy atom. The maximum absolute atomic E-state index is 13.6. The fourth-order valence-electron chi connectivity index (χ4n) is 1.38. The van der Waals surface area contributed by atoms with Gasteiger partial charge in [0.1, 0.15) is 5.82 Å². The van der Waals surface area contributed by atoms with E-state index in [-0.39, 0.29) is 11.5 Å². The van der Waals surface area contributed by atoms with E-state index >= 15 is 0 Å². The lowest BCUT2D eigenvalue weighted by atomic mass is 10.0. The average molecular weight is 207 g/mol. The van der Waals surface area contributed by atoms with E-state index in [9.17, 15) is 9.18 Å². The van der Waals surface area contributed by atoms with Crippen LogP contribution in [-0.4, -0.2) is 24.9 Å². The molecule has 1 aromatic carbocycles. The molecule has 0 atom stereocenters. The molecule has 0 saturated carbocycles. The van der Waals surface area contributed by atoms with Crippen molar-refractivity contribution in [3.8, 4) is 0 Å². The largest absolute Gasteiger partial charge is 0.345 e. The number of nitrogens with zero attached hydrogens (tertiary/aromatic N) is 1. The summed E-state index contributed by atoms with van der Waals surface area (Å²) in [6, 6.07) is 3.06. The van der Waals surface area contributed by atoms with Crippen molar-refractivity contribution in [1.29, 1.82) is 0 Å². The third-order valence-electron chi connectivity index (χ3n) is 2.17. The molecule has 0 N–H and O–H groups in total. The molecule has 2 nitrogen and oxygen atoms in total. The van der Waals surface area contributed by atoms with Crippen LogP contribution in [0.25, 0.3) is 6.08 Å². The molecule has 0 spiro atoms. The first-order chi connectivity index (χ1) is 6.97. The van der Waals surface area contributed by atoms with Gasteiger partial charge in [-0.2, -0.15) is 0 Å². The molecule has 1 aromatic rings. The molecule has 0 unspecified atom stereocenters. The molecule has 0 heterocycles. The number of aryl methyl sites for hydroxylation is 1. The van der Waals surface area contributed by atoms with Gasteiger partial charge in [0.25, 0.3) is 5.91 Å². The van der Waals surface area contributed by atoms with Crippen LogP contribution in [0.5, 0.6) is 0 Å². The highest BCUT2D eigenvalue weighted by atomic mass is 19.1. The van der Waals surface area contributed by atoms with E-state index in [1.54, 1.807) is 33.2 Å². The van der Waals surface area contributed by atoms with Crippen LogP contribution in [0.2, 0.25) is 0 Å². The van der Waals surface area contributed by atoms with Crippen LogP contribution in [0.4, 0.5) is 4.39 Å². The van der Waals surface area contributed by atoms with Gasteiger partial charge in [0.2, 0.25) is 0 Å². The van der Waals surface area contributed by atoms with Crippen molar-refractivity contribution < 1.29 is 9.18 Å². The van der Waals surface area contributed by atoms with Crippen molar-refractivity contribution in [2.75, 3.05) is 14.1 Å². The van der Waals surface area contributed by atoms with Crippen molar-refractivity contribution >= 4 is 12.0 Å². The normalized spacial score (nSPS) is 9.87. The molecule has 80 valence electrons. The number of carbonyl (C=O) groups excluding carboxylic acids is 1. The predicted molar refractivity (Wildman–Crippen MR) is 59.2 cm³/mol. The lowest BCUT2D eigenvalue weighted by Crippen LogP contribution is -2.23. The SMILES string of the molecule is C=Cc1cc(C)c(C(=O)N(C)C)c(F)c1. The van der Waals surface area contributed by atoms with Gasteiger partial charge in [-0.3, -0.25) is 4.79 Å². The van der Waals surface area contributed by atoms with E-state index in [1.165, 1.54) is 11.0 Å². The Balaban J connectivity index is 3.31. The molecule has 0 aromatic heterocycles. The molecule has 0 aliphatic heterocycles. The maximum atomic E-state index is 13.6. The summed E-state index contributed by atoms with van der Waals surface area (Å²) in [5.74, 6) is -0.816. The second kappa shape index (κ2) is 4.26. The van der Waals surface area contributed by atoms with Crippen molar-refractivity contribution in [2.24, 2.45) is 0 Å². The minimum absolute atomic E-state index is 0.130. The summed E-state index contributed by atoms with van der Waals surface area (Å²) in [4.78, 5) is 13.0. The van der Waals surface area contributed by atoms with Crippen molar-refractivity contribution in [1.82, 2.24) is 4.90 Å². The Bertz CT molecular complexity index is 387. The number of benzene rings is 1. The zero-order valence-electron chi connectivity index (χ0n) is 9.17. The Kier molecular flexibility index (Phi) is 3.24. The van der Waals surface area contributed by atoms with Crippen LogP contribution in [-0.2, 0) is 0 Å². The van der Waals surface area contributed by atoms with Crippen molar-refractivity contribution in [2.45, 2.75) is 6.92 Å². The number of hydrogen-bond donors (Lipinski definition) is 0. The van der Waals surface area contributed by atoms with Gasteiger partial charge in [-0.05, 0) is 24.1 Å². The zero-order valence-corrected chi connectivity index (χ0v) is 9.17. The van der Waals surface area contributed by atoms with Crippen LogP contribution in [0.3, 0.4) is 0 Å². The highest BCUT2D eigenvalue weighted by molar-refractivity contribution is 5.95. The average Bonchev–Trinajstić information content (AvgIpc) is 2.16. The Morgan fingerprint density at radius 3 is 2.47 bits per heavy atom. The molecular formula is C12H14FNO. The van der Waals surface area contributed by atoms with E-state index in [4.69, 9.17) is 0 Å². The topological polar surface area (TPSA) is 20.3 Å². The van der Waals surface area contributed by atoms with Gasteiger partial charge < -0.3 is 4.90 Å².